The summed E-state index contributed by atoms with van der Waals surface area (Å²) in [5.74, 6) is 0.504. The van der Waals surface area contributed by atoms with E-state index < -0.39 is 12.1 Å². The maximum absolute atomic E-state index is 13.1. The number of anilines is 1. The third-order valence-corrected chi connectivity index (χ3v) is 5.67. The molecule has 2 aliphatic heterocycles. The number of hydrogen-bond donors (Lipinski definition) is 2. The van der Waals surface area contributed by atoms with E-state index in [9.17, 15) is 19.2 Å². The van der Waals surface area contributed by atoms with Crippen molar-refractivity contribution in [3.05, 3.63) is 23.8 Å². The Bertz CT molecular complexity index is 850. The largest absolute Gasteiger partial charge is 0.495 e. The number of imide groups is 1. The van der Waals surface area contributed by atoms with Crippen LogP contribution < -0.4 is 20.7 Å². The Morgan fingerprint density at radius 2 is 1.94 bits per heavy atom. The number of likely N-dealkylation sites (tertiary alicyclic amines) is 1. The van der Waals surface area contributed by atoms with Gasteiger partial charge in [0.1, 0.15) is 5.75 Å². The molecule has 3 N–H and O–H groups in total. The highest BCUT2D eigenvalue weighted by atomic mass is 16.5. The molecule has 0 unspecified atom stereocenters. The van der Waals surface area contributed by atoms with Crippen LogP contribution in [0.5, 0.6) is 5.75 Å². The molecule has 2 aliphatic rings. The van der Waals surface area contributed by atoms with Gasteiger partial charge in [0.15, 0.2) is 0 Å². The smallest absolute Gasteiger partial charge is 0.404 e. The molecule has 10 heteroatoms. The van der Waals surface area contributed by atoms with Gasteiger partial charge in [0.25, 0.3) is 5.91 Å². The van der Waals surface area contributed by atoms with Gasteiger partial charge in [-0.2, -0.15) is 0 Å². The normalized spacial score (nSPS) is 17.3. The SMILES string of the molecule is COc1ccc(C(=O)N2CCC(CCCOC(N)=O)CC2)cc1N1CCC(=O)NC1=O. The molecule has 31 heavy (non-hydrogen) atoms. The average molecular weight is 432 g/mol. The number of carbonyl (C=O) groups excluding carboxylic acids is 4. The van der Waals surface area contributed by atoms with Gasteiger partial charge in [-0.25, -0.2) is 9.59 Å². The van der Waals surface area contributed by atoms with Gasteiger partial charge in [0.2, 0.25) is 5.91 Å². The maximum atomic E-state index is 13.1. The van der Waals surface area contributed by atoms with Crippen molar-refractivity contribution in [1.29, 1.82) is 0 Å². The molecule has 0 radical (unpaired) electrons. The van der Waals surface area contributed by atoms with Crippen LogP contribution in [0, 0.1) is 5.92 Å². The Hall–Kier alpha value is -3.30. The molecule has 0 aromatic heterocycles. The van der Waals surface area contributed by atoms with E-state index in [1.807, 2.05) is 4.90 Å². The average Bonchev–Trinajstić information content (AvgIpc) is 2.76. The lowest BCUT2D eigenvalue weighted by molar-refractivity contribution is -0.120. The number of nitrogens with zero attached hydrogens (tertiary/aromatic N) is 2. The molecular weight excluding hydrogens is 404 g/mol. The summed E-state index contributed by atoms with van der Waals surface area (Å²) in [7, 11) is 1.49. The van der Waals surface area contributed by atoms with Crippen LogP contribution in [0.25, 0.3) is 0 Å². The number of primary amides is 1. The van der Waals surface area contributed by atoms with E-state index in [0.29, 0.717) is 42.6 Å². The Kier molecular flexibility index (Phi) is 7.32. The minimum atomic E-state index is -0.757. The Balaban J connectivity index is 1.61. The number of rotatable bonds is 7. The lowest BCUT2D eigenvalue weighted by Gasteiger charge is -2.32. The van der Waals surface area contributed by atoms with Crippen LogP contribution in [0.15, 0.2) is 18.2 Å². The minimum absolute atomic E-state index is 0.104. The van der Waals surface area contributed by atoms with Crippen LogP contribution in [-0.4, -0.2) is 62.2 Å². The first-order chi connectivity index (χ1) is 14.9. The molecule has 5 amide bonds. The number of methoxy groups -OCH3 is 1. The quantitative estimate of drug-likeness (QED) is 0.633. The Morgan fingerprint density at radius 1 is 1.19 bits per heavy atom. The summed E-state index contributed by atoms with van der Waals surface area (Å²) in [5, 5.41) is 2.29. The summed E-state index contributed by atoms with van der Waals surface area (Å²) in [4.78, 5) is 50.6. The van der Waals surface area contributed by atoms with Gasteiger partial charge < -0.3 is 20.1 Å². The molecule has 2 heterocycles. The highest BCUT2D eigenvalue weighted by molar-refractivity contribution is 6.07. The number of amides is 5. The van der Waals surface area contributed by atoms with Crippen LogP contribution in [0.2, 0.25) is 0 Å². The van der Waals surface area contributed by atoms with Crippen LogP contribution >= 0.6 is 0 Å². The second-order valence-electron chi connectivity index (χ2n) is 7.69. The monoisotopic (exact) mass is 432 g/mol. The van der Waals surface area contributed by atoms with E-state index in [2.05, 4.69) is 5.32 Å². The lowest BCUT2D eigenvalue weighted by Crippen LogP contribution is -2.49. The number of ether oxygens (including phenoxy) is 2. The third kappa shape index (κ3) is 5.65. The van der Waals surface area contributed by atoms with Crippen molar-refractivity contribution in [3.8, 4) is 5.75 Å². The summed E-state index contributed by atoms with van der Waals surface area (Å²) >= 11 is 0. The highest BCUT2D eigenvalue weighted by Gasteiger charge is 2.29. The Morgan fingerprint density at radius 3 is 2.58 bits per heavy atom. The molecule has 168 valence electrons. The van der Waals surface area contributed by atoms with Crippen molar-refractivity contribution in [2.45, 2.75) is 32.1 Å². The van der Waals surface area contributed by atoms with Crippen molar-refractivity contribution >= 4 is 29.6 Å². The number of hydrogen-bond acceptors (Lipinski definition) is 6. The van der Waals surface area contributed by atoms with Gasteiger partial charge in [0.05, 0.1) is 19.4 Å². The summed E-state index contributed by atoms with van der Waals surface area (Å²) < 4.78 is 10.1. The first-order valence-electron chi connectivity index (χ1n) is 10.4. The van der Waals surface area contributed by atoms with Crippen molar-refractivity contribution in [3.63, 3.8) is 0 Å². The first kappa shape index (κ1) is 22.4. The number of benzene rings is 1. The van der Waals surface area contributed by atoms with Gasteiger partial charge in [-0.3, -0.25) is 19.8 Å². The summed E-state index contributed by atoms with van der Waals surface area (Å²) in [6, 6.07) is 4.47. The van der Waals surface area contributed by atoms with Crippen LogP contribution in [0.1, 0.15) is 42.5 Å². The summed E-state index contributed by atoms with van der Waals surface area (Å²) in [6.07, 6.45) is 2.86. The molecule has 0 bridgehead atoms. The van der Waals surface area contributed by atoms with Gasteiger partial charge in [-0.1, -0.05) is 0 Å². The fourth-order valence-electron chi connectivity index (χ4n) is 3.98. The number of nitrogens with two attached hydrogens (primary N) is 1. The number of urea groups is 1. The predicted octanol–water partition coefficient (Wildman–Crippen LogP) is 1.87. The van der Waals surface area contributed by atoms with Crippen LogP contribution in [-0.2, 0) is 9.53 Å². The zero-order valence-electron chi connectivity index (χ0n) is 17.6. The molecule has 1 aromatic carbocycles. The topological polar surface area (TPSA) is 131 Å². The van der Waals surface area contributed by atoms with E-state index in [-0.39, 0.29) is 24.8 Å². The molecule has 2 saturated heterocycles. The predicted molar refractivity (Wildman–Crippen MR) is 112 cm³/mol. The van der Waals surface area contributed by atoms with Gasteiger partial charge in [-0.15, -0.1) is 0 Å². The molecule has 3 rings (SSSR count). The van der Waals surface area contributed by atoms with Crippen molar-refractivity contribution in [1.82, 2.24) is 10.2 Å². The maximum Gasteiger partial charge on any atom is 0.404 e. The number of piperidine rings is 1. The van der Waals surface area contributed by atoms with E-state index in [1.165, 1.54) is 12.0 Å². The molecule has 1 aromatic rings. The van der Waals surface area contributed by atoms with E-state index in [4.69, 9.17) is 15.2 Å². The molecule has 0 saturated carbocycles. The minimum Gasteiger partial charge on any atom is -0.495 e. The zero-order chi connectivity index (χ0) is 22.4. The van der Waals surface area contributed by atoms with E-state index in [0.717, 1.165) is 25.7 Å². The Labute approximate surface area is 180 Å². The number of nitrogens with one attached hydrogen (secondary N) is 1. The fourth-order valence-corrected chi connectivity index (χ4v) is 3.98. The molecule has 0 spiro atoms. The summed E-state index contributed by atoms with van der Waals surface area (Å²) in [6.45, 7) is 1.82. The fraction of sp³-hybridized carbons (Fsp3) is 0.524. The van der Waals surface area contributed by atoms with E-state index >= 15 is 0 Å². The second-order valence-corrected chi connectivity index (χ2v) is 7.69. The summed E-state index contributed by atoms with van der Waals surface area (Å²) in [5.41, 5.74) is 5.88. The zero-order valence-corrected chi connectivity index (χ0v) is 17.6. The van der Waals surface area contributed by atoms with Gasteiger partial charge in [-0.05, 0) is 49.8 Å². The molecule has 10 nitrogen and oxygen atoms in total. The molecule has 2 fully saturated rings. The van der Waals surface area contributed by atoms with Crippen molar-refractivity contribution in [2.24, 2.45) is 11.7 Å². The second kappa shape index (κ2) is 10.1. The van der Waals surface area contributed by atoms with Crippen molar-refractivity contribution < 1.29 is 28.7 Å². The van der Waals surface area contributed by atoms with Crippen LogP contribution in [0.3, 0.4) is 0 Å². The number of carbonyl (C=O) groups is 4. The highest BCUT2D eigenvalue weighted by Crippen LogP contribution is 2.32. The molecule has 0 atom stereocenters. The van der Waals surface area contributed by atoms with Gasteiger partial charge in [0, 0.05) is 31.6 Å². The van der Waals surface area contributed by atoms with Gasteiger partial charge >= 0.3 is 12.1 Å². The standard InChI is InChI=1S/C21H28N4O6/c1-30-17-5-4-15(13-16(17)25-11-8-18(26)23-21(25)29)19(27)24-9-6-14(7-10-24)3-2-12-31-20(22)28/h4-5,13-14H,2-3,6-12H2,1H3,(H2,22,28)(H,23,26,29). The van der Waals surface area contributed by atoms with Crippen LogP contribution in [0.4, 0.5) is 15.3 Å². The molecular formula is C21H28N4O6. The van der Waals surface area contributed by atoms with E-state index in [1.54, 1.807) is 18.2 Å². The van der Waals surface area contributed by atoms with Crippen molar-refractivity contribution in [2.75, 3.05) is 38.3 Å². The third-order valence-electron chi connectivity index (χ3n) is 5.67. The lowest BCUT2D eigenvalue weighted by atomic mass is 9.92. The molecule has 0 aliphatic carbocycles. The first-order valence-corrected chi connectivity index (χ1v) is 10.4.